The molecule has 0 aliphatic rings. The molecule has 3 N–H and O–H groups in total. The van der Waals surface area contributed by atoms with E-state index in [1.165, 1.54) is 7.11 Å². The van der Waals surface area contributed by atoms with E-state index < -0.39 is 5.54 Å². The van der Waals surface area contributed by atoms with Crippen LogP contribution in [0.25, 0.3) is 0 Å². The molecule has 1 atom stereocenters. The number of nitrogens with zero attached hydrogens (tertiary/aromatic N) is 1. The Morgan fingerprint density at radius 3 is 2.94 bits per heavy atom. The van der Waals surface area contributed by atoms with Gasteiger partial charge in [-0.05, 0) is 25.5 Å². The molecule has 17 heavy (non-hydrogen) atoms. The fourth-order valence-electron chi connectivity index (χ4n) is 1.55. The number of hydrogen-bond donors (Lipinski definition) is 2. The summed E-state index contributed by atoms with van der Waals surface area (Å²) in [6, 6.07) is 3.46. The Morgan fingerprint density at radius 1 is 1.65 bits per heavy atom. The number of carbonyl (C=O) groups is 1. The van der Waals surface area contributed by atoms with Crippen LogP contribution in [-0.4, -0.2) is 23.5 Å². The summed E-state index contributed by atoms with van der Waals surface area (Å²) in [6.45, 7) is 3.71. The van der Waals surface area contributed by atoms with Crippen molar-refractivity contribution in [2.75, 3.05) is 12.4 Å². The van der Waals surface area contributed by atoms with E-state index in [-0.39, 0.29) is 5.91 Å². The summed E-state index contributed by atoms with van der Waals surface area (Å²) in [5.74, 6) is 0.152. The second-order valence-corrected chi connectivity index (χ2v) is 4.18. The number of anilines is 1. The lowest BCUT2D eigenvalue weighted by Gasteiger charge is -2.23. The second-order valence-electron chi connectivity index (χ2n) is 4.18. The Bertz CT molecular complexity index is 391. The molecule has 0 unspecified atom stereocenters. The normalized spacial score (nSPS) is 13.9. The summed E-state index contributed by atoms with van der Waals surface area (Å²) in [4.78, 5) is 16.0. The summed E-state index contributed by atoms with van der Waals surface area (Å²) in [6.07, 6.45) is 3.08. The van der Waals surface area contributed by atoms with Gasteiger partial charge in [-0.3, -0.25) is 4.79 Å². The van der Waals surface area contributed by atoms with Crippen molar-refractivity contribution in [3.8, 4) is 5.88 Å². The van der Waals surface area contributed by atoms with Gasteiger partial charge in [0.2, 0.25) is 11.8 Å². The van der Waals surface area contributed by atoms with Gasteiger partial charge < -0.3 is 15.8 Å². The summed E-state index contributed by atoms with van der Waals surface area (Å²) < 4.78 is 5.05. The van der Waals surface area contributed by atoms with Crippen LogP contribution < -0.4 is 15.8 Å². The van der Waals surface area contributed by atoms with Crippen LogP contribution in [0.4, 0.5) is 5.69 Å². The molecule has 0 radical (unpaired) electrons. The van der Waals surface area contributed by atoms with Crippen LogP contribution in [0, 0.1) is 0 Å². The van der Waals surface area contributed by atoms with Gasteiger partial charge in [0.25, 0.3) is 0 Å². The Balaban J connectivity index is 2.80. The first-order chi connectivity index (χ1) is 8.01. The lowest BCUT2D eigenvalue weighted by molar-refractivity contribution is -0.120. The van der Waals surface area contributed by atoms with Crippen molar-refractivity contribution in [3.63, 3.8) is 0 Å². The van der Waals surface area contributed by atoms with Crippen molar-refractivity contribution in [2.24, 2.45) is 5.73 Å². The maximum atomic E-state index is 12.0. The maximum absolute atomic E-state index is 12.0. The third-order valence-electron chi connectivity index (χ3n) is 2.50. The number of carbonyl (C=O) groups excluding carboxylic acids is 1. The number of ether oxygens (including phenoxy) is 1. The van der Waals surface area contributed by atoms with Gasteiger partial charge in [0.05, 0.1) is 12.6 Å². The van der Waals surface area contributed by atoms with Gasteiger partial charge in [-0.1, -0.05) is 13.3 Å². The highest BCUT2D eigenvalue weighted by Gasteiger charge is 2.27. The van der Waals surface area contributed by atoms with E-state index in [1.807, 2.05) is 6.92 Å². The van der Waals surface area contributed by atoms with E-state index >= 15 is 0 Å². The van der Waals surface area contributed by atoms with Crippen LogP contribution in [0.5, 0.6) is 5.88 Å². The standard InChI is InChI=1S/C12H19N3O2/c1-4-7-12(2,13)11(16)15-9-6-5-8-14-10(9)17-3/h5-6,8H,4,7,13H2,1-3H3,(H,15,16)/t12-/m0/s1. The van der Waals surface area contributed by atoms with Crippen molar-refractivity contribution >= 4 is 11.6 Å². The van der Waals surface area contributed by atoms with Crippen LogP contribution in [0.2, 0.25) is 0 Å². The second kappa shape index (κ2) is 5.63. The molecule has 0 aromatic carbocycles. The zero-order chi connectivity index (χ0) is 12.9. The van der Waals surface area contributed by atoms with Crippen LogP contribution >= 0.6 is 0 Å². The van der Waals surface area contributed by atoms with Gasteiger partial charge in [0, 0.05) is 6.20 Å². The molecule has 5 nitrogen and oxygen atoms in total. The quantitative estimate of drug-likeness (QED) is 0.814. The average Bonchev–Trinajstić information content (AvgIpc) is 2.29. The van der Waals surface area contributed by atoms with E-state index in [0.717, 1.165) is 6.42 Å². The van der Waals surface area contributed by atoms with Crippen LogP contribution in [0.15, 0.2) is 18.3 Å². The molecule has 1 aromatic heterocycles. The van der Waals surface area contributed by atoms with E-state index in [9.17, 15) is 4.79 Å². The first-order valence-corrected chi connectivity index (χ1v) is 5.60. The largest absolute Gasteiger partial charge is 0.480 e. The van der Waals surface area contributed by atoms with E-state index in [0.29, 0.717) is 18.0 Å². The number of amides is 1. The highest BCUT2D eigenvalue weighted by Crippen LogP contribution is 2.21. The number of nitrogens with two attached hydrogens (primary N) is 1. The number of methoxy groups -OCH3 is 1. The molecule has 0 spiro atoms. The van der Waals surface area contributed by atoms with Gasteiger partial charge in [0.1, 0.15) is 5.69 Å². The number of pyridine rings is 1. The van der Waals surface area contributed by atoms with Crippen LogP contribution in [-0.2, 0) is 4.79 Å². The highest BCUT2D eigenvalue weighted by atomic mass is 16.5. The van der Waals surface area contributed by atoms with Crippen molar-refractivity contribution in [2.45, 2.75) is 32.2 Å². The minimum absolute atomic E-state index is 0.231. The topological polar surface area (TPSA) is 77.2 Å². The first-order valence-electron chi connectivity index (χ1n) is 5.60. The van der Waals surface area contributed by atoms with Crippen LogP contribution in [0.1, 0.15) is 26.7 Å². The van der Waals surface area contributed by atoms with Gasteiger partial charge in [0.15, 0.2) is 0 Å². The fourth-order valence-corrected chi connectivity index (χ4v) is 1.55. The molecule has 1 aromatic rings. The molecular weight excluding hydrogens is 218 g/mol. The summed E-state index contributed by atoms with van der Waals surface area (Å²) >= 11 is 0. The predicted octanol–water partition coefficient (Wildman–Crippen LogP) is 1.55. The minimum atomic E-state index is -0.879. The lowest BCUT2D eigenvalue weighted by atomic mass is 9.96. The molecule has 0 fully saturated rings. The van der Waals surface area contributed by atoms with E-state index in [2.05, 4.69) is 10.3 Å². The molecule has 0 aliphatic carbocycles. The number of aromatic nitrogens is 1. The predicted molar refractivity (Wildman–Crippen MR) is 66.9 cm³/mol. The van der Waals surface area contributed by atoms with Crippen molar-refractivity contribution in [1.82, 2.24) is 4.98 Å². The van der Waals surface area contributed by atoms with Gasteiger partial charge in [-0.15, -0.1) is 0 Å². The zero-order valence-corrected chi connectivity index (χ0v) is 10.5. The summed E-state index contributed by atoms with van der Waals surface area (Å²) in [7, 11) is 1.51. The lowest BCUT2D eigenvalue weighted by Crippen LogP contribution is -2.48. The van der Waals surface area contributed by atoms with Gasteiger partial charge in [-0.25, -0.2) is 4.98 Å². The van der Waals surface area contributed by atoms with E-state index in [1.54, 1.807) is 25.3 Å². The maximum Gasteiger partial charge on any atom is 0.244 e. The first kappa shape index (κ1) is 13.4. The van der Waals surface area contributed by atoms with E-state index in [4.69, 9.17) is 10.5 Å². The fraction of sp³-hybridized carbons (Fsp3) is 0.500. The molecule has 1 rings (SSSR count). The Kier molecular flexibility index (Phi) is 4.45. The zero-order valence-electron chi connectivity index (χ0n) is 10.5. The third kappa shape index (κ3) is 3.42. The third-order valence-corrected chi connectivity index (χ3v) is 2.50. The number of hydrogen-bond acceptors (Lipinski definition) is 4. The molecular formula is C12H19N3O2. The number of rotatable bonds is 5. The number of nitrogens with one attached hydrogen (secondary N) is 1. The van der Waals surface area contributed by atoms with Crippen molar-refractivity contribution < 1.29 is 9.53 Å². The van der Waals surface area contributed by atoms with Crippen LogP contribution in [0.3, 0.4) is 0 Å². The van der Waals surface area contributed by atoms with Crippen molar-refractivity contribution in [1.29, 1.82) is 0 Å². The summed E-state index contributed by atoms with van der Waals surface area (Å²) in [5, 5.41) is 2.74. The molecule has 0 bridgehead atoms. The SMILES string of the molecule is CCC[C@](C)(N)C(=O)Nc1cccnc1OC. The minimum Gasteiger partial charge on any atom is -0.480 e. The average molecular weight is 237 g/mol. The Labute approximate surface area is 101 Å². The molecule has 0 aliphatic heterocycles. The molecule has 5 heteroatoms. The highest BCUT2D eigenvalue weighted by molar-refractivity contribution is 5.98. The smallest absolute Gasteiger partial charge is 0.244 e. The Morgan fingerprint density at radius 2 is 2.35 bits per heavy atom. The molecule has 0 saturated heterocycles. The summed E-state index contributed by atoms with van der Waals surface area (Å²) in [5.41, 5.74) is 5.59. The van der Waals surface area contributed by atoms with Crippen molar-refractivity contribution in [3.05, 3.63) is 18.3 Å². The Hall–Kier alpha value is -1.62. The molecule has 94 valence electrons. The molecule has 1 heterocycles. The van der Waals surface area contributed by atoms with Gasteiger partial charge >= 0.3 is 0 Å². The van der Waals surface area contributed by atoms with Gasteiger partial charge in [-0.2, -0.15) is 0 Å². The molecule has 1 amide bonds. The monoisotopic (exact) mass is 237 g/mol. The molecule has 0 saturated carbocycles.